The Kier molecular flexibility index (Phi) is 22.4. The van der Waals surface area contributed by atoms with Crippen molar-refractivity contribution in [1.82, 2.24) is 29.4 Å². The highest BCUT2D eigenvalue weighted by atomic mass is 16.6. The lowest BCUT2D eigenvalue weighted by atomic mass is 10.2. The molecule has 0 aromatic carbocycles. The van der Waals surface area contributed by atoms with Crippen molar-refractivity contribution >= 4 is 71.3 Å². The molecule has 1 saturated heterocycles. The molecule has 408 valence electrons. The summed E-state index contributed by atoms with van der Waals surface area (Å²) < 4.78 is 32.2. The van der Waals surface area contributed by atoms with Gasteiger partial charge in [0, 0.05) is 0 Å². The van der Waals surface area contributed by atoms with E-state index in [0.29, 0.717) is 14.7 Å². The number of rotatable bonds is 18. The quantitative estimate of drug-likeness (QED) is 0.137. The zero-order valence-electron chi connectivity index (χ0n) is 45.5. The fourth-order valence-electron chi connectivity index (χ4n) is 6.15. The Bertz CT molecular complexity index is 1730. The van der Waals surface area contributed by atoms with Crippen LogP contribution in [0.1, 0.15) is 125 Å². The summed E-state index contributed by atoms with van der Waals surface area (Å²) >= 11 is 0. The molecule has 24 nitrogen and oxygen atoms in total. The van der Waals surface area contributed by atoms with Crippen LogP contribution < -0.4 is 0 Å². The molecule has 0 atom stereocenters. The molecule has 1 aliphatic heterocycles. The largest absolute Gasteiger partial charge is 0.459 e. The number of carbonyl (C=O) groups is 12. The predicted molar refractivity (Wildman–Crippen MR) is 255 cm³/mol. The lowest BCUT2D eigenvalue weighted by molar-refractivity contribution is -0.165. The zero-order chi connectivity index (χ0) is 56.1. The van der Waals surface area contributed by atoms with E-state index in [1.807, 2.05) is 0 Å². The van der Waals surface area contributed by atoms with Crippen LogP contribution in [0.2, 0.25) is 0 Å². The van der Waals surface area contributed by atoms with Gasteiger partial charge in [-0.05, 0) is 125 Å². The summed E-state index contributed by atoms with van der Waals surface area (Å²) in [5.74, 6) is -12.3. The van der Waals surface area contributed by atoms with Crippen molar-refractivity contribution < 1.29 is 86.0 Å². The second-order valence-corrected chi connectivity index (χ2v) is 23.0. The Balaban J connectivity index is 3.96. The van der Waals surface area contributed by atoms with Crippen LogP contribution >= 0.6 is 0 Å². The van der Waals surface area contributed by atoms with E-state index in [0.717, 1.165) is 14.7 Å². The van der Waals surface area contributed by atoms with E-state index in [9.17, 15) is 57.5 Å². The fourth-order valence-corrected chi connectivity index (χ4v) is 6.15. The number of esters is 6. The molecule has 0 N–H and O–H groups in total. The molecule has 0 aromatic heterocycles. The fraction of sp³-hybridized carbons (Fsp3) is 0.750. The second-order valence-electron chi connectivity index (χ2n) is 23.0. The van der Waals surface area contributed by atoms with E-state index in [4.69, 9.17) is 28.4 Å². The summed E-state index contributed by atoms with van der Waals surface area (Å²) in [6.45, 7) is 17.1. The number of nitrogens with zero attached hydrogens (tertiary/aromatic N) is 6. The van der Waals surface area contributed by atoms with Crippen molar-refractivity contribution in [3.8, 4) is 0 Å². The van der Waals surface area contributed by atoms with Gasteiger partial charge in [0.2, 0.25) is 35.4 Å². The highest BCUT2D eigenvalue weighted by Gasteiger charge is 2.38. The number of amides is 6. The van der Waals surface area contributed by atoms with Gasteiger partial charge in [0.15, 0.2) is 0 Å². The van der Waals surface area contributed by atoms with Gasteiger partial charge in [-0.15, -0.1) is 0 Å². The lowest BCUT2D eigenvalue weighted by Gasteiger charge is -2.30. The highest BCUT2D eigenvalue weighted by Crippen LogP contribution is 2.16. The number of ether oxygens (including phenoxy) is 6. The Labute approximate surface area is 422 Å². The van der Waals surface area contributed by atoms with Crippen LogP contribution in [0, 0.1) is 0 Å². The van der Waals surface area contributed by atoms with Gasteiger partial charge in [0.1, 0.15) is 112 Å². The molecule has 1 fully saturated rings. The Morgan fingerprint density at radius 3 is 0.583 bits per heavy atom. The molecule has 24 heteroatoms. The average molecular weight is 1030 g/mol. The maximum Gasteiger partial charge on any atom is 0.326 e. The number of carbonyl (C=O) groups excluding carboxylic acids is 12. The van der Waals surface area contributed by atoms with Gasteiger partial charge in [0.25, 0.3) is 0 Å². The van der Waals surface area contributed by atoms with Crippen molar-refractivity contribution in [2.45, 2.75) is 158 Å². The van der Waals surface area contributed by atoms with Gasteiger partial charge < -0.3 is 57.8 Å². The van der Waals surface area contributed by atoms with Crippen LogP contribution in [-0.2, 0) is 86.0 Å². The van der Waals surface area contributed by atoms with Crippen molar-refractivity contribution in [1.29, 1.82) is 0 Å². The monoisotopic (exact) mass is 1030 g/mol. The summed E-state index contributed by atoms with van der Waals surface area (Å²) in [7, 11) is 0. The normalized spacial score (nSPS) is 14.2. The van der Waals surface area contributed by atoms with Gasteiger partial charge in [-0.1, -0.05) is 0 Å². The molecule has 1 rings (SSSR count). The molecule has 1 heterocycles. The third-order valence-electron chi connectivity index (χ3n) is 8.51. The number of hydrogen-bond acceptors (Lipinski definition) is 18. The van der Waals surface area contributed by atoms with Crippen molar-refractivity contribution in [2.75, 3.05) is 78.5 Å². The first-order valence-corrected chi connectivity index (χ1v) is 23.3. The van der Waals surface area contributed by atoms with Crippen LogP contribution in [-0.4, -0.2) is 213 Å². The van der Waals surface area contributed by atoms with Gasteiger partial charge in [0.05, 0.1) is 0 Å². The van der Waals surface area contributed by atoms with Crippen molar-refractivity contribution in [3.63, 3.8) is 0 Å². The average Bonchev–Trinajstić information content (AvgIpc) is 3.14. The standard InChI is InChI=1S/C48H78N6O18/c1-43(2,3)67-37(61)25-52(26-38(62)68-44(4,5)6)34(58)22-49-19-32(56)51(24-36(60)54(29-41(65)71-47(13,14)15)30-42(66)72-48(16,17)18)21-33(57)50(20-31(49)55)23-35(59)53(27-39(63)69-45(7,8)9)28-40(64)70-46(10,11)12/h19-30H2,1-18H3. The van der Waals surface area contributed by atoms with Crippen LogP contribution in [0.3, 0.4) is 0 Å². The van der Waals surface area contributed by atoms with E-state index in [-0.39, 0.29) is 0 Å². The van der Waals surface area contributed by atoms with Gasteiger partial charge in [-0.2, -0.15) is 0 Å². The van der Waals surface area contributed by atoms with E-state index in [2.05, 4.69) is 0 Å². The molecular formula is C48H78N6O18. The third kappa shape index (κ3) is 27.3. The van der Waals surface area contributed by atoms with Gasteiger partial charge in [-0.3, -0.25) is 57.5 Å². The molecule has 0 spiro atoms. The maximum absolute atomic E-state index is 14.3. The first-order chi connectivity index (χ1) is 32.3. The second kappa shape index (κ2) is 25.3. The SMILES string of the molecule is CC(C)(C)OC(=O)CN(CC(=O)OC(C)(C)C)C(=O)CN1CC(=O)N(CC(=O)N(CC(=O)OC(C)(C)C)CC(=O)OC(C)(C)C)CC(=O)N(CC(=O)N(CC(=O)OC(C)(C)C)CC(=O)OC(C)(C)C)CC1=O. The molecule has 0 aromatic rings. The molecule has 0 aliphatic carbocycles. The maximum atomic E-state index is 14.3. The van der Waals surface area contributed by atoms with Crippen LogP contribution in [0.5, 0.6) is 0 Å². The molecular weight excluding hydrogens is 949 g/mol. The van der Waals surface area contributed by atoms with E-state index in [1.165, 1.54) is 0 Å². The minimum atomic E-state index is -1.12. The summed E-state index contributed by atoms with van der Waals surface area (Å²) in [4.78, 5) is 168. The summed E-state index contributed by atoms with van der Waals surface area (Å²) in [6.07, 6.45) is 0. The van der Waals surface area contributed by atoms with Crippen LogP contribution in [0.4, 0.5) is 0 Å². The van der Waals surface area contributed by atoms with Crippen molar-refractivity contribution in [3.05, 3.63) is 0 Å². The van der Waals surface area contributed by atoms with E-state index in [1.54, 1.807) is 125 Å². The minimum Gasteiger partial charge on any atom is -0.459 e. The van der Waals surface area contributed by atoms with Gasteiger partial charge >= 0.3 is 35.8 Å². The molecule has 1 aliphatic rings. The Hall–Kier alpha value is -6.36. The number of hydrogen-bond donors (Lipinski definition) is 0. The smallest absolute Gasteiger partial charge is 0.326 e. The zero-order valence-corrected chi connectivity index (χ0v) is 45.5. The molecule has 0 saturated carbocycles. The Morgan fingerprint density at radius 1 is 0.319 bits per heavy atom. The summed E-state index contributed by atoms with van der Waals surface area (Å²) in [5, 5.41) is 0. The minimum absolute atomic E-state index is 0.660. The summed E-state index contributed by atoms with van der Waals surface area (Å²) in [6, 6.07) is 0. The third-order valence-corrected chi connectivity index (χ3v) is 8.51. The molecule has 72 heavy (non-hydrogen) atoms. The molecule has 0 unspecified atom stereocenters. The van der Waals surface area contributed by atoms with Gasteiger partial charge in [-0.25, -0.2) is 0 Å². The molecule has 0 bridgehead atoms. The predicted octanol–water partition coefficient (Wildman–Crippen LogP) is 1.02. The topological polar surface area (TPSA) is 280 Å². The first kappa shape index (κ1) is 63.7. The molecule has 6 amide bonds. The van der Waals surface area contributed by atoms with Crippen LogP contribution in [0.25, 0.3) is 0 Å². The van der Waals surface area contributed by atoms with Crippen LogP contribution in [0.15, 0.2) is 0 Å². The Morgan fingerprint density at radius 2 is 0.458 bits per heavy atom. The van der Waals surface area contributed by atoms with Crippen molar-refractivity contribution in [2.24, 2.45) is 0 Å². The van der Waals surface area contributed by atoms with E-state index >= 15 is 0 Å². The lowest BCUT2D eigenvalue weighted by Crippen LogP contribution is -2.52. The van der Waals surface area contributed by atoms with E-state index < -0.39 is 183 Å². The highest BCUT2D eigenvalue weighted by molar-refractivity contribution is 5.99. The summed E-state index contributed by atoms with van der Waals surface area (Å²) in [5.41, 5.74) is -6.16. The molecule has 0 radical (unpaired) electrons. The first-order valence-electron chi connectivity index (χ1n) is 23.3.